The molecule has 3 heteroatoms. The summed E-state index contributed by atoms with van der Waals surface area (Å²) in [6, 6.07) is 0. The lowest BCUT2D eigenvalue weighted by Gasteiger charge is -2.06. The van der Waals surface area contributed by atoms with Crippen molar-refractivity contribution in [1.82, 2.24) is 9.97 Å². The van der Waals surface area contributed by atoms with Gasteiger partial charge in [-0.3, -0.25) is 0 Å². The van der Waals surface area contributed by atoms with Crippen molar-refractivity contribution in [3.05, 3.63) is 17.7 Å². The molecule has 1 aromatic rings. The van der Waals surface area contributed by atoms with E-state index in [2.05, 4.69) is 15.3 Å². The van der Waals surface area contributed by atoms with Crippen LogP contribution >= 0.6 is 0 Å². The highest BCUT2D eigenvalue weighted by Gasteiger charge is 2.11. The molecule has 2 heterocycles. The van der Waals surface area contributed by atoms with Crippen LogP contribution in [-0.2, 0) is 13.0 Å². The number of fused-ring (bicyclic) bond motifs is 1. The number of H-pyrrole nitrogens is 1. The molecular weight excluding hydrogens is 114 g/mol. The van der Waals surface area contributed by atoms with Crippen LogP contribution < -0.4 is 5.32 Å². The lowest BCUT2D eigenvalue weighted by molar-refractivity contribution is -0.674. The van der Waals surface area contributed by atoms with Crippen LogP contribution in [0.15, 0.2) is 6.33 Å². The van der Waals surface area contributed by atoms with Gasteiger partial charge in [-0.05, 0) is 0 Å². The van der Waals surface area contributed by atoms with Crippen molar-refractivity contribution in [2.45, 2.75) is 13.0 Å². The molecule has 0 bridgehead atoms. The summed E-state index contributed by atoms with van der Waals surface area (Å²) in [5.41, 5.74) is 2.57. The van der Waals surface area contributed by atoms with Gasteiger partial charge in [0.1, 0.15) is 6.54 Å². The van der Waals surface area contributed by atoms with Gasteiger partial charge in [-0.15, -0.1) is 0 Å². The van der Waals surface area contributed by atoms with E-state index in [9.17, 15) is 0 Å². The van der Waals surface area contributed by atoms with Gasteiger partial charge in [0, 0.05) is 6.42 Å². The molecule has 0 radical (unpaired) electrons. The monoisotopic (exact) mass is 124 g/mol. The number of hydrogen-bond acceptors (Lipinski definition) is 1. The zero-order valence-corrected chi connectivity index (χ0v) is 5.22. The van der Waals surface area contributed by atoms with Gasteiger partial charge in [-0.2, -0.15) is 0 Å². The van der Waals surface area contributed by atoms with Crippen LogP contribution in [0.5, 0.6) is 0 Å². The van der Waals surface area contributed by atoms with E-state index in [4.69, 9.17) is 0 Å². The van der Waals surface area contributed by atoms with Crippen molar-refractivity contribution >= 4 is 0 Å². The second-order valence-corrected chi connectivity index (χ2v) is 2.36. The van der Waals surface area contributed by atoms with Gasteiger partial charge in [0.25, 0.3) is 0 Å². The summed E-state index contributed by atoms with van der Waals surface area (Å²) < 4.78 is 0. The van der Waals surface area contributed by atoms with Gasteiger partial charge in [0.2, 0.25) is 0 Å². The van der Waals surface area contributed by atoms with Gasteiger partial charge in [0.05, 0.1) is 24.3 Å². The molecule has 0 amide bonds. The van der Waals surface area contributed by atoms with Gasteiger partial charge < -0.3 is 10.3 Å². The first-order chi connectivity index (χ1) is 4.47. The summed E-state index contributed by atoms with van der Waals surface area (Å²) in [5, 5.41) is 2.29. The molecule has 3 nitrogen and oxygen atoms in total. The third-order valence-electron chi connectivity index (χ3n) is 1.74. The summed E-state index contributed by atoms with van der Waals surface area (Å²) in [4.78, 5) is 7.30. The lowest BCUT2D eigenvalue weighted by atomic mass is 10.2. The summed E-state index contributed by atoms with van der Waals surface area (Å²) in [6.45, 7) is 2.27. The summed E-state index contributed by atoms with van der Waals surface area (Å²) >= 11 is 0. The van der Waals surface area contributed by atoms with Gasteiger partial charge in [-0.25, -0.2) is 4.98 Å². The molecule has 0 saturated heterocycles. The highest BCUT2D eigenvalue weighted by molar-refractivity contribution is 5.10. The Kier molecular flexibility index (Phi) is 1.02. The van der Waals surface area contributed by atoms with Gasteiger partial charge >= 0.3 is 0 Å². The zero-order valence-electron chi connectivity index (χ0n) is 5.22. The zero-order chi connectivity index (χ0) is 6.10. The Balaban J connectivity index is 2.39. The second-order valence-electron chi connectivity index (χ2n) is 2.36. The van der Waals surface area contributed by atoms with Gasteiger partial charge in [0.15, 0.2) is 0 Å². The van der Waals surface area contributed by atoms with Crippen LogP contribution in [0.4, 0.5) is 0 Å². The maximum Gasteiger partial charge on any atom is 0.118 e. The summed E-state index contributed by atoms with van der Waals surface area (Å²) in [5.74, 6) is 0. The molecule has 3 N–H and O–H groups in total. The number of rotatable bonds is 0. The molecule has 1 aromatic heterocycles. The minimum atomic E-state index is 1.08. The number of hydrogen-bond donors (Lipinski definition) is 2. The molecule has 0 fully saturated rings. The second kappa shape index (κ2) is 1.84. The highest BCUT2D eigenvalue weighted by Crippen LogP contribution is 2.02. The molecule has 1 aliphatic heterocycles. The molecule has 9 heavy (non-hydrogen) atoms. The average molecular weight is 124 g/mol. The first-order valence-corrected chi connectivity index (χ1v) is 3.29. The first kappa shape index (κ1) is 4.99. The number of nitrogens with two attached hydrogens (primary N) is 1. The molecule has 0 unspecified atom stereocenters. The fraction of sp³-hybridized carbons (Fsp3) is 0.500. The smallest absolute Gasteiger partial charge is 0.118 e. The van der Waals surface area contributed by atoms with E-state index < -0.39 is 0 Å². The number of aromatic amines is 1. The van der Waals surface area contributed by atoms with E-state index in [1.165, 1.54) is 17.9 Å². The Morgan fingerprint density at radius 1 is 1.67 bits per heavy atom. The Hall–Kier alpha value is -0.830. The Morgan fingerprint density at radius 2 is 2.67 bits per heavy atom. The van der Waals surface area contributed by atoms with E-state index in [0.717, 1.165) is 13.0 Å². The molecule has 0 saturated carbocycles. The minimum Gasteiger partial charge on any atom is -0.344 e. The fourth-order valence-electron chi connectivity index (χ4n) is 1.23. The third-order valence-corrected chi connectivity index (χ3v) is 1.74. The highest BCUT2D eigenvalue weighted by atomic mass is 15.0. The van der Waals surface area contributed by atoms with E-state index in [0.29, 0.717) is 0 Å². The molecule has 0 aliphatic carbocycles. The molecule has 0 spiro atoms. The van der Waals surface area contributed by atoms with Crippen LogP contribution in [-0.4, -0.2) is 16.5 Å². The summed E-state index contributed by atoms with van der Waals surface area (Å²) in [7, 11) is 0. The molecule has 48 valence electrons. The molecule has 0 aromatic carbocycles. The predicted molar refractivity (Wildman–Crippen MR) is 32.8 cm³/mol. The minimum absolute atomic E-state index is 1.08. The molecule has 2 rings (SSSR count). The Morgan fingerprint density at radius 3 is 3.56 bits per heavy atom. The molecule has 0 atom stereocenters. The number of imidazole rings is 1. The van der Waals surface area contributed by atoms with E-state index in [1.807, 2.05) is 0 Å². The van der Waals surface area contributed by atoms with Crippen molar-refractivity contribution in [3.63, 3.8) is 0 Å². The fourth-order valence-corrected chi connectivity index (χ4v) is 1.23. The topological polar surface area (TPSA) is 45.3 Å². The van der Waals surface area contributed by atoms with Crippen LogP contribution in [0.25, 0.3) is 0 Å². The SMILES string of the molecule is c1nc2c([nH]1)C[NH2+]CC2. The van der Waals surface area contributed by atoms with Crippen molar-refractivity contribution in [1.29, 1.82) is 0 Å². The Bertz CT molecular complexity index is 183. The summed E-state index contributed by atoms with van der Waals surface area (Å²) in [6.07, 6.45) is 2.91. The van der Waals surface area contributed by atoms with E-state index in [1.54, 1.807) is 6.33 Å². The largest absolute Gasteiger partial charge is 0.344 e. The first-order valence-electron chi connectivity index (χ1n) is 3.29. The number of aromatic nitrogens is 2. The quantitative estimate of drug-likeness (QED) is 0.459. The average Bonchev–Trinajstić information content (AvgIpc) is 2.33. The van der Waals surface area contributed by atoms with Crippen molar-refractivity contribution < 1.29 is 5.32 Å². The maximum absolute atomic E-state index is 4.18. The van der Waals surface area contributed by atoms with Crippen molar-refractivity contribution in [2.75, 3.05) is 6.54 Å². The number of nitrogens with zero attached hydrogens (tertiary/aromatic N) is 1. The van der Waals surface area contributed by atoms with Gasteiger partial charge in [-0.1, -0.05) is 0 Å². The maximum atomic E-state index is 4.18. The predicted octanol–water partition coefficient (Wildman–Crippen LogP) is -0.971. The van der Waals surface area contributed by atoms with Crippen LogP contribution in [0, 0.1) is 0 Å². The third kappa shape index (κ3) is 0.733. The van der Waals surface area contributed by atoms with Crippen LogP contribution in [0.2, 0.25) is 0 Å². The Labute approximate surface area is 53.5 Å². The molecular formula is C6H10N3+. The number of quaternary nitrogens is 1. The number of nitrogens with one attached hydrogen (secondary N) is 1. The normalized spacial score (nSPS) is 17.3. The van der Waals surface area contributed by atoms with Crippen LogP contribution in [0.3, 0.4) is 0 Å². The van der Waals surface area contributed by atoms with Crippen molar-refractivity contribution in [2.24, 2.45) is 0 Å². The van der Waals surface area contributed by atoms with Crippen molar-refractivity contribution in [3.8, 4) is 0 Å². The lowest BCUT2D eigenvalue weighted by Crippen LogP contribution is -2.84. The van der Waals surface area contributed by atoms with E-state index >= 15 is 0 Å². The van der Waals surface area contributed by atoms with E-state index in [-0.39, 0.29) is 0 Å². The van der Waals surface area contributed by atoms with Crippen LogP contribution in [0.1, 0.15) is 11.4 Å². The molecule has 1 aliphatic rings. The standard InChI is InChI=1S/C6H9N3/c1-2-7-3-6-5(1)8-4-9-6/h4,7H,1-3H2,(H,8,9)/p+1.